The van der Waals surface area contributed by atoms with Gasteiger partial charge in [0.05, 0.1) is 26.4 Å². The van der Waals surface area contributed by atoms with Crippen LogP contribution in [0.25, 0.3) is 0 Å². The zero-order valence-electron chi connectivity index (χ0n) is 72.0. The van der Waals surface area contributed by atoms with Crippen molar-refractivity contribution in [3.8, 4) is 0 Å². The molecule has 0 aliphatic rings. The molecule has 109 heavy (non-hydrogen) atoms. The molecule has 0 aromatic carbocycles. The fourth-order valence-electron chi connectivity index (χ4n) is 14.0. The van der Waals surface area contributed by atoms with Gasteiger partial charge < -0.3 is 33.8 Å². The van der Waals surface area contributed by atoms with Gasteiger partial charge in [0.2, 0.25) is 0 Å². The summed E-state index contributed by atoms with van der Waals surface area (Å²) in [6.07, 6.45) is 72.3. The van der Waals surface area contributed by atoms with Crippen molar-refractivity contribution in [2.45, 2.75) is 497 Å². The van der Waals surface area contributed by atoms with E-state index in [0.717, 1.165) is 108 Å². The van der Waals surface area contributed by atoms with Crippen LogP contribution >= 0.6 is 15.6 Å². The molecule has 0 spiro atoms. The average molecular weight is 1590 g/mol. The number of hydrogen-bond acceptors (Lipinski definition) is 15. The Morgan fingerprint density at radius 1 is 0.266 bits per heavy atom. The highest BCUT2D eigenvalue weighted by molar-refractivity contribution is 7.47. The maximum Gasteiger partial charge on any atom is 0.472 e. The molecule has 0 aromatic rings. The molecular weight excluding hydrogens is 1410 g/mol. The summed E-state index contributed by atoms with van der Waals surface area (Å²) < 4.78 is 69.0. The lowest BCUT2D eigenvalue weighted by Crippen LogP contribution is -2.30. The number of unbranched alkanes of at least 4 members (excludes halogenated alkanes) is 54. The second-order valence-electron chi connectivity index (χ2n) is 33.3. The van der Waals surface area contributed by atoms with Gasteiger partial charge in [-0.1, -0.05) is 427 Å². The van der Waals surface area contributed by atoms with E-state index in [9.17, 15) is 43.2 Å². The zero-order valence-corrected chi connectivity index (χ0v) is 73.8. The summed E-state index contributed by atoms with van der Waals surface area (Å²) in [4.78, 5) is 73.3. The highest BCUT2D eigenvalue weighted by Crippen LogP contribution is 2.45. The number of ether oxygens (including phenoxy) is 4. The van der Waals surface area contributed by atoms with Crippen LogP contribution in [-0.2, 0) is 65.4 Å². The number of hydrogen-bond donors (Lipinski definition) is 3. The molecule has 3 N–H and O–H groups in total. The molecule has 0 amide bonds. The number of rotatable bonds is 88. The van der Waals surface area contributed by atoms with Crippen LogP contribution in [0, 0.1) is 17.8 Å². The molecule has 0 aliphatic carbocycles. The fraction of sp³-hybridized carbons (Fsp3) is 0.956. The minimum absolute atomic E-state index is 0.107. The first kappa shape index (κ1) is 107. The van der Waals surface area contributed by atoms with Crippen molar-refractivity contribution in [2.75, 3.05) is 39.6 Å². The number of esters is 4. The molecule has 17 nitrogen and oxygen atoms in total. The van der Waals surface area contributed by atoms with E-state index in [2.05, 4.69) is 48.5 Å². The third-order valence-electron chi connectivity index (χ3n) is 21.9. The number of phosphoric ester groups is 2. The first-order valence-corrected chi connectivity index (χ1v) is 49.4. The molecule has 0 bridgehead atoms. The summed E-state index contributed by atoms with van der Waals surface area (Å²) in [5.41, 5.74) is 0. The minimum atomic E-state index is -4.97. The van der Waals surface area contributed by atoms with Gasteiger partial charge in [-0.2, -0.15) is 0 Å². The molecule has 4 unspecified atom stereocenters. The number of carbonyl (C=O) groups excluding carboxylic acids is 4. The molecule has 7 atom stereocenters. The minimum Gasteiger partial charge on any atom is -0.462 e. The van der Waals surface area contributed by atoms with Crippen molar-refractivity contribution in [3.63, 3.8) is 0 Å². The van der Waals surface area contributed by atoms with E-state index in [1.54, 1.807) is 0 Å². The number of aliphatic hydroxyl groups excluding tert-OH is 1. The van der Waals surface area contributed by atoms with Crippen LogP contribution in [-0.4, -0.2) is 96.7 Å². The van der Waals surface area contributed by atoms with E-state index in [1.165, 1.54) is 283 Å². The van der Waals surface area contributed by atoms with E-state index in [4.69, 9.17) is 37.0 Å². The van der Waals surface area contributed by atoms with E-state index >= 15 is 0 Å². The Labute approximate surface area is 670 Å². The molecule has 0 fully saturated rings. The van der Waals surface area contributed by atoms with Gasteiger partial charge in [0.25, 0.3) is 0 Å². The highest BCUT2D eigenvalue weighted by Gasteiger charge is 2.31. The van der Waals surface area contributed by atoms with E-state index < -0.39 is 97.5 Å². The molecule has 19 heteroatoms. The third-order valence-corrected chi connectivity index (χ3v) is 23.8. The predicted molar refractivity (Wildman–Crippen MR) is 451 cm³/mol. The topological polar surface area (TPSA) is 237 Å². The van der Waals surface area contributed by atoms with Crippen LogP contribution in [0.1, 0.15) is 479 Å². The van der Waals surface area contributed by atoms with Crippen molar-refractivity contribution in [1.82, 2.24) is 0 Å². The Bertz CT molecular complexity index is 2100. The van der Waals surface area contributed by atoms with Gasteiger partial charge in [0.1, 0.15) is 19.3 Å². The van der Waals surface area contributed by atoms with Crippen LogP contribution in [0.5, 0.6) is 0 Å². The van der Waals surface area contributed by atoms with E-state index in [0.29, 0.717) is 31.6 Å². The molecule has 0 aromatic heterocycles. The molecule has 0 radical (unpaired) electrons. The monoisotopic (exact) mass is 1590 g/mol. The van der Waals surface area contributed by atoms with Gasteiger partial charge in [-0.3, -0.25) is 37.3 Å². The van der Waals surface area contributed by atoms with Crippen LogP contribution in [0.15, 0.2) is 0 Å². The standard InChI is InChI=1S/C90H176O17P2/c1-8-11-12-13-14-15-16-17-18-19-20-24-27-33-38-43-50-57-64-71-87(92)100-77-85(106-89(94)73-66-59-51-44-39-34-28-25-22-21-23-26-31-36-41-48-55-62-69-82(6)9-2)79-104-108(96,97)102-75-84(91)76-103-109(98,99)105-80-86(78-101-88(93)72-65-58-53-46-47-54-61-68-81(4)5)107-90(95)74-67-60-52-45-40-35-30-29-32-37-42-49-56-63-70-83(7)10-3/h81-86,91H,8-80H2,1-7H3,(H,96,97)(H,98,99)/t82?,83?,84-,85-,86-/m1/s1. The quantitative estimate of drug-likeness (QED) is 0.0222. The van der Waals surface area contributed by atoms with Gasteiger partial charge in [0, 0.05) is 25.7 Å². The summed E-state index contributed by atoms with van der Waals surface area (Å²) in [7, 11) is -9.93. The maximum atomic E-state index is 13.2. The van der Waals surface area contributed by atoms with Crippen molar-refractivity contribution < 1.29 is 80.2 Å². The Balaban J connectivity index is 5.22. The largest absolute Gasteiger partial charge is 0.472 e. The van der Waals surface area contributed by atoms with Gasteiger partial charge in [-0.15, -0.1) is 0 Å². The SMILES string of the molecule is CCCCCCCCCCCCCCCCCCCCCC(=O)OC[C@H](COP(=O)(O)OC[C@@H](O)COP(=O)(O)OC[C@@H](COC(=O)CCCCCCCCCC(C)C)OC(=O)CCCCCCCCCCCCCCCCC(C)CC)OC(=O)CCCCCCCCCCCCCCCCCCCCC(C)CC. The first-order valence-electron chi connectivity index (χ1n) is 46.4. The molecule has 0 saturated carbocycles. The average Bonchev–Trinajstić information content (AvgIpc) is 0.897. The van der Waals surface area contributed by atoms with Crippen molar-refractivity contribution in [3.05, 3.63) is 0 Å². The number of aliphatic hydroxyl groups is 1. The molecule has 0 heterocycles. The van der Waals surface area contributed by atoms with Crippen molar-refractivity contribution in [2.24, 2.45) is 17.8 Å². The highest BCUT2D eigenvalue weighted by atomic mass is 31.2. The smallest absolute Gasteiger partial charge is 0.462 e. The maximum absolute atomic E-state index is 13.2. The molecule has 648 valence electrons. The van der Waals surface area contributed by atoms with E-state index in [1.807, 2.05) is 0 Å². The second-order valence-corrected chi connectivity index (χ2v) is 36.2. The molecule has 0 saturated heterocycles. The summed E-state index contributed by atoms with van der Waals surface area (Å²) >= 11 is 0. The van der Waals surface area contributed by atoms with Crippen molar-refractivity contribution >= 4 is 39.5 Å². The normalized spacial score (nSPS) is 14.3. The Morgan fingerprint density at radius 2 is 0.468 bits per heavy atom. The lowest BCUT2D eigenvalue weighted by atomic mass is 9.99. The summed E-state index contributed by atoms with van der Waals surface area (Å²) in [6.45, 7) is 12.1. The van der Waals surface area contributed by atoms with Gasteiger partial charge in [-0.05, 0) is 43.4 Å². The fourth-order valence-corrected chi connectivity index (χ4v) is 15.6. The van der Waals surface area contributed by atoms with Gasteiger partial charge >= 0.3 is 39.5 Å². The lowest BCUT2D eigenvalue weighted by molar-refractivity contribution is -0.161. The lowest BCUT2D eigenvalue weighted by Gasteiger charge is -2.21. The van der Waals surface area contributed by atoms with Crippen molar-refractivity contribution in [1.29, 1.82) is 0 Å². The molecule has 0 aliphatic heterocycles. The summed E-state index contributed by atoms with van der Waals surface area (Å²) in [5.74, 6) is 0.321. The van der Waals surface area contributed by atoms with Crippen LogP contribution < -0.4 is 0 Å². The first-order chi connectivity index (χ1) is 52.8. The van der Waals surface area contributed by atoms with E-state index in [-0.39, 0.29) is 25.7 Å². The predicted octanol–water partition coefficient (Wildman–Crippen LogP) is 27.6. The Hall–Kier alpha value is -1.94. The zero-order chi connectivity index (χ0) is 80.0. The van der Waals surface area contributed by atoms with Crippen LogP contribution in [0.2, 0.25) is 0 Å². The summed E-state index contributed by atoms with van der Waals surface area (Å²) in [6, 6.07) is 0. The molecule has 0 rings (SSSR count). The third kappa shape index (κ3) is 81.0. The number of phosphoric acid groups is 2. The Kier molecular flexibility index (Phi) is 78.5. The summed E-state index contributed by atoms with van der Waals surface area (Å²) in [5, 5.41) is 10.7. The number of carbonyl (C=O) groups is 4. The second kappa shape index (κ2) is 79.9. The molecular formula is C90H176O17P2. The van der Waals surface area contributed by atoms with Gasteiger partial charge in [-0.25, -0.2) is 9.13 Å². The van der Waals surface area contributed by atoms with Crippen LogP contribution in [0.3, 0.4) is 0 Å². The van der Waals surface area contributed by atoms with Gasteiger partial charge in [0.15, 0.2) is 12.2 Å². The Morgan fingerprint density at radius 3 is 0.697 bits per heavy atom. The van der Waals surface area contributed by atoms with Crippen LogP contribution in [0.4, 0.5) is 0 Å².